The van der Waals surface area contributed by atoms with Gasteiger partial charge in [0.1, 0.15) is 11.6 Å². The van der Waals surface area contributed by atoms with Crippen molar-refractivity contribution in [2.45, 2.75) is 38.8 Å². The molecule has 0 unspecified atom stereocenters. The minimum Gasteiger partial charge on any atom is -0.339 e. The van der Waals surface area contributed by atoms with Gasteiger partial charge in [0.05, 0.1) is 6.54 Å². The average molecular weight is 362 g/mol. The van der Waals surface area contributed by atoms with Gasteiger partial charge >= 0.3 is 0 Å². The molecule has 1 fully saturated rings. The van der Waals surface area contributed by atoms with E-state index in [0.717, 1.165) is 68.3 Å². The molecular weight excluding hydrogens is 338 g/mol. The molecule has 0 spiro atoms. The molecule has 1 saturated heterocycles. The number of carbonyl (C=O) groups excluding carboxylic acids is 1. The summed E-state index contributed by atoms with van der Waals surface area (Å²) in [6.07, 6.45) is 1.92. The highest BCUT2D eigenvalue weighted by atomic mass is 35.5. The second-order valence-electron chi connectivity index (χ2n) is 6.68. The Morgan fingerprint density at radius 3 is 2.68 bits per heavy atom. The summed E-state index contributed by atoms with van der Waals surface area (Å²) in [6, 6.07) is 7.83. The predicted octanol–water partition coefficient (Wildman–Crippen LogP) is 2.13. The molecule has 0 radical (unpaired) electrons. The molecule has 0 aliphatic carbocycles. The lowest BCUT2D eigenvalue weighted by molar-refractivity contribution is 0.0709. The van der Waals surface area contributed by atoms with E-state index in [-0.39, 0.29) is 18.3 Å². The van der Waals surface area contributed by atoms with Crippen LogP contribution in [0.5, 0.6) is 0 Å². The van der Waals surface area contributed by atoms with Crippen LogP contribution in [0.1, 0.15) is 46.3 Å². The summed E-state index contributed by atoms with van der Waals surface area (Å²) in [4.78, 5) is 14.7. The molecule has 0 saturated carbocycles. The minimum absolute atomic E-state index is 0. The number of aromatic nitrogens is 3. The van der Waals surface area contributed by atoms with Gasteiger partial charge in [-0.3, -0.25) is 4.79 Å². The number of rotatable bonds is 2. The lowest BCUT2D eigenvalue weighted by atomic mass is 9.95. The van der Waals surface area contributed by atoms with E-state index in [2.05, 4.69) is 20.1 Å². The lowest BCUT2D eigenvalue weighted by Gasteiger charge is -2.32. The van der Waals surface area contributed by atoms with Crippen LogP contribution < -0.4 is 5.32 Å². The molecule has 134 valence electrons. The third-order valence-corrected chi connectivity index (χ3v) is 5.17. The smallest absolute Gasteiger partial charge is 0.254 e. The Morgan fingerprint density at radius 2 is 1.92 bits per heavy atom. The monoisotopic (exact) mass is 361 g/mol. The van der Waals surface area contributed by atoms with Gasteiger partial charge in [0, 0.05) is 37.7 Å². The van der Waals surface area contributed by atoms with Crippen molar-refractivity contribution >= 4 is 18.3 Å². The Balaban J connectivity index is 0.00000182. The number of nitrogens with one attached hydrogen (secondary N) is 1. The van der Waals surface area contributed by atoms with Crippen LogP contribution in [-0.2, 0) is 13.1 Å². The van der Waals surface area contributed by atoms with Gasteiger partial charge in [-0.05, 0) is 31.4 Å². The van der Waals surface area contributed by atoms with E-state index in [1.807, 2.05) is 36.1 Å². The van der Waals surface area contributed by atoms with Gasteiger partial charge in [0.15, 0.2) is 0 Å². The van der Waals surface area contributed by atoms with E-state index >= 15 is 0 Å². The van der Waals surface area contributed by atoms with Crippen molar-refractivity contribution in [1.82, 2.24) is 25.0 Å². The van der Waals surface area contributed by atoms with Gasteiger partial charge in [0.25, 0.3) is 5.91 Å². The number of hydrogen-bond acceptors (Lipinski definition) is 4. The first kappa shape index (κ1) is 17.9. The molecule has 1 aromatic heterocycles. The maximum Gasteiger partial charge on any atom is 0.254 e. The molecule has 3 heterocycles. The summed E-state index contributed by atoms with van der Waals surface area (Å²) in [5, 5.41) is 12.1. The predicted molar refractivity (Wildman–Crippen MR) is 98.0 cm³/mol. The molecule has 1 aromatic carbocycles. The fraction of sp³-hybridized carbons (Fsp3) is 0.500. The van der Waals surface area contributed by atoms with Crippen molar-refractivity contribution in [3.05, 3.63) is 47.0 Å². The third kappa shape index (κ3) is 3.41. The minimum atomic E-state index is 0. The van der Waals surface area contributed by atoms with Crippen LogP contribution >= 0.6 is 12.4 Å². The van der Waals surface area contributed by atoms with Crippen molar-refractivity contribution in [2.24, 2.45) is 0 Å². The van der Waals surface area contributed by atoms with Gasteiger partial charge in [0.2, 0.25) is 0 Å². The van der Waals surface area contributed by atoms with E-state index < -0.39 is 0 Å². The number of hydrogen-bond donors (Lipinski definition) is 1. The lowest BCUT2D eigenvalue weighted by Crippen LogP contribution is -2.39. The Kier molecular flexibility index (Phi) is 5.39. The number of piperidine rings is 1. The zero-order valence-corrected chi connectivity index (χ0v) is 15.3. The zero-order valence-electron chi connectivity index (χ0n) is 14.4. The molecule has 25 heavy (non-hydrogen) atoms. The summed E-state index contributed by atoms with van der Waals surface area (Å²) >= 11 is 0. The van der Waals surface area contributed by atoms with E-state index in [1.54, 1.807) is 0 Å². The number of aryl methyl sites for hydroxylation is 1. The van der Waals surface area contributed by atoms with E-state index in [0.29, 0.717) is 5.92 Å². The van der Waals surface area contributed by atoms with Gasteiger partial charge in [-0.15, -0.1) is 22.6 Å². The van der Waals surface area contributed by atoms with Crippen molar-refractivity contribution in [3.63, 3.8) is 0 Å². The molecule has 0 bridgehead atoms. The number of nitrogens with zero attached hydrogens (tertiary/aromatic N) is 4. The average Bonchev–Trinajstić information content (AvgIpc) is 3.06. The largest absolute Gasteiger partial charge is 0.339 e. The summed E-state index contributed by atoms with van der Waals surface area (Å²) in [7, 11) is 0. The van der Waals surface area contributed by atoms with Crippen molar-refractivity contribution in [3.8, 4) is 0 Å². The Morgan fingerprint density at radius 1 is 1.16 bits per heavy atom. The molecule has 2 aromatic rings. The summed E-state index contributed by atoms with van der Waals surface area (Å²) < 4.78 is 2.26. The quantitative estimate of drug-likeness (QED) is 0.890. The fourth-order valence-electron chi connectivity index (χ4n) is 3.74. The molecular formula is C18H24ClN5O. The molecule has 7 heteroatoms. The molecule has 1 N–H and O–H groups in total. The first-order valence-electron chi connectivity index (χ1n) is 8.71. The maximum atomic E-state index is 12.7. The summed E-state index contributed by atoms with van der Waals surface area (Å²) in [5.41, 5.74) is 1.87. The van der Waals surface area contributed by atoms with Gasteiger partial charge in [-0.1, -0.05) is 18.2 Å². The van der Waals surface area contributed by atoms with E-state index in [4.69, 9.17) is 0 Å². The number of carbonyl (C=O) groups is 1. The molecule has 4 rings (SSSR count). The second kappa shape index (κ2) is 7.54. The highest BCUT2D eigenvalue weighted by Crippen LogP contribution is 2.28. The molecule has 6 nitrogen and oxygen atoms in total. The Labute approximate surface area is 154 Å². The van der Waals surface area contributed by atoms with Crippen molar-refractivity contribution in [1.29, 1.82) is 0 Å². The topological polar surface area (TPSA) is 63.1 Å². The van der Waals surface area contributed by atoms with Gasteiger partial charge in [-0.25, -0.2) is 0 Å². The standard InChI is InChI=1S/C18H23N5O.ClH/c1-13-4-2-3-5-15(13)18(24)22-9-6-14(7-10-22)17-21-20-16-12-19-8-11-23(16)17;/h2-5,14,19H,6-12H2,1H3;1H. The number of likely N-dealkylation sites (tertiary alicyclic amines) is 1. The Bertz CT molecular complexity index is 752. The first-order valence-corrected chi connectivity index (χ1v) is 8.71. The number of fused-ring (bicyclic) bond motifs is 1. The van der Waals surface area contributed by atoms with Crippen LogP contribution in [0.25, 0.3) is 0 Å². The van der Waals surface area contributed by atoms with Crippen LogP contribution in [0.3, 0.4) is 0 Å². The van der Waals surface area contributed by atoms with Gasteiger partial charge < -0.3 is 14.8 Å². The molecule has 2 aliphatic heterocycles. The SMILES string of the molecule is Cc1ccccc1C(=O)N1CCC(c2nnc3n2CCNC3)CC1.Cl. The maximum absolute atomic E-state index is 12.7. The normalized spacial score (nSPS) is 17.7. The highest BCUT2D eigenvalue weighted by Gasteiger charge is 2.29. The third-order valence-electron chi connectivity index (χ3n) is 5.17. The summed E-state index contributed by atoms with van der Waals surface area (Å²) in [6.45, 7) is 6.30. The van der Waals surface area contributed by atoms with Crippen LogP contribution in [0.4, 0.5) is 0 Å². The van der Waals surface area contributed by atoms with Crippen LogP contribution in [0, 0.1) is 6.92 Å². The first-order chi connectivity index (χ1) is 11.7. The molecule has 2 aliphatic rings. The summed E-state index contributed by atoms with van der Waals surface area (Å²) in [5.74, 6) is 2.70. The second-order valence-corrected chi connectivity index (χ2v) is 6.68. The number of benzene rings is 1. The highest BCUT2D eigenvalue weighted by molar-refractivity contribution is 5.95. The number of amides is 1. The fourth-order valence-corrected chi connectivity index (χ4v) is 3.74. The van der Waals surface area contributed by atoms with E-state index in [9.17, 15) is 4.79 Å². The number of halogens is 1. The molecule has 1 amide bonds. The van der Waals surface area contributed by atoms with Crippen LogP contribution in [0.15, 0.2) is 24.3 Å². The van der Waals surface area contributed by atoms with Crippen LogP contribution in [0.2, 0.25) is 0 Å². The van der Waals surface area contributed by atoms with Crippen molar-refractivity contribution in [2.75, 3.05) is 19.6 Å². The Hall–Kier alpha value is -1.92. The van der Waals surface area contributed by atoms with Crippen LogP contribution in [-0.4, -0.2) is 45.2 Å². The molecule has 0 atom stereocenters. The van der Waals surface area contributed by atoms with E-state index in [1.165, 1.54) is 0 Å². The van der Waals surface area contributed by atoms with Crippen molar-refractivity contribution < 1.29 is 4.79 Å². The zero-order chi connectivity index (χ0) is 16.5. The van der Waals surface area contributed by atoms with Gasteiger partial charge in [-0.2, -0.15) is 0 Å².